The van der Waals surface area contributed by atoms with Gasteiger partial charge in [-0.2, -0.15) is 26.3 Å². The van der Waals surface area contributed by atoms with E-state index < -0.39 is 52.9 Å². The molecule has 32 heavy (non-hydrogen) atoms. The number of nitrogens with zero attached hydrogens (tertiary/aromatic N) is 1. The van der Waals surface area contributed by atoms with Crippen molar-refractivity contribution in [2.45, 2.75) is 24.4 Å². The fourth-order valence-electron chi connectivity index (χ4n) is 2.60. The molecule has 0 unspecified atom stereocenters. The monoisotopic (exact) mass is 517 g/mol. The Balaban J connectivity index is 0.00000512. The summed E-state index contributed by atoms with van der Waals surface area (Å²) in [4.78, 5) is 13.9. The number of fused-ring (bicyclic) bond motifs is 1. The normalized spacial score (nSPS) is 13.3. The molecule has 2 rings (SSSR count). The Morgan fingerprint density at radius 2 is 1.44 bits per heavy atom. The number of benzene rings is 1. The van der Waals surface area contributed by atoms with Crippen LogP contribution in [0.4, 0.5) is 32.0 Å². The van der Waals surface area contributed by atoms with Gasteiger partial charge in [-0.25, -0.2) is 4.79 Å². The largest absolute Gasteiger partial charge is 1.00 e. The van der Waals surface area contributed by atoms with Crippen LogP contribution in [0, 0.1) is 11.5 Å². The molecule has 0 radical (unpaired) electrons. The molecule has 1 heterocycles. The molecule has 0 saturated heterocycles. The van der Waals surface area contributed by atoms with Gasteiger partial charge < -0.3 is 9.32 Å². The van der Waals surface area contributed by atoms with E-state index in [4.69, 9.17) is 4.42 Å². The Morgan fingerprint density at radius 3 is 1.84 bits per heavy atom. The van der Waals surface area contributed by atoms with E-state index >= 15 is 0 Å². The standard InChI is InChI=1S/C16H14F6NO6S2.Na/c1-8-10-5-4-9(23(2)3)6-12(10)29-14(24)11(8)7-13(30(25,26)15(17,18)19)31(27,28)16(20,21)22;/h4-6H,7H2,1-3H3;/q-1;+1. The van der Waals surface area contributed by atoms with Crippen molar-refractivity contribution in [1.82, 2.24) is 0 Å². The first-order chi connectivity index (χ1) is 13.8. The molecule has 0 fully saturated rings. The van der Waals surface area contributed by atoms with E-state index in [0.717, 1.165) is 6.92 Å². The average molecular weight is 517 g/mol. The Morgan fingerprint density at radius 1 is 0.969 bits per heavy atom. The first-order valence-electron chi connectivity index (χ1n) is 8.04. The van der Waals surface area contributed by atoms with E-state index in [1.54, 1.807) is 19.0 Å². The third-order valence-corrected chi connectivity index (χ3v) is 8.34. The minimum atomic E-state index is -6.96. The molecule has 0 spiro atoms. The summed E-state index contributed by atoms with van der Waals surface area (Å²) in [5, 5.41) is 0.0633. The van der Waals surface area contributed by atoms with Crippen molar-refractivity contribution in [2.75, 3.05) is 19.0 Å². The van der Waals surface area contributed by atoms with Crippen molar-refractivity contribution in [1.29, 1.82) is 0 Å². The van der Waals surface area contributed by atoms with Crippen LogP contribution in [0.1, 0.15) is 11.1 Å². The van der Waals surface area contributed by atoms with E-state index in [2.05, 4.69) is 0 Å². The van der Waals surface area contributed by atoms with Crippen LogP contribution >= 0.6 is 0 Å². The maximum absolute atomic E-state index is 12.9. The van der Waals surface area contributed by atoms with Gasteiger partial charge in [-0.15, -0.1) is 6.42 Å². The van der Waals surface area contributed by atoms with Gasteiger partial charge >= 0.3 is 46.2 Å². The number of sulfone groups is 2. The van der Waals surface area contributed by atoms with Crippen LogP contribution in [0.25, 0.3) is 11.0 Å². The molecule has 174 valence electrons. The molecule has 7 nitrogen and oxygen atoms in total. The summed E-state index contributed by atoms with van der Waals surface area (Å²) in [6.45, 7) is 1.11. The molecule has 0 saturated carbocycles. The Labute approximate surface area is 200 Å². The van der Waals surface area contributed by atoms with E-state index in [1.807, 2.05) is 0 Å². The molecule has 0 aliphatic heterocycles. The number of hydrogen-bond donors (Lipinski definition) is 0. The summed E-state index contributed by atoms with van der Waals surface area (Å²) in [6.07, 6.45) is -1.98. The molecule has 0 atom stereocenters. The van der Waals surface area contributed by atoms with Crippen LogP contribution in [0.2, 0.25) is 0 Å². The molecule has 1 aromatic heterocycles. The zero-order valence-electron chi connectivity index (χ0n) is 16.9. The van der Waals surface area contributed by atoms with Gasteiger partial charge in [-0.1, -0.05) is 4.58 Å². The zero-order chi connectivity index (χ0) is 24.2. The fraction of sp³-hybridized carbons (Fsp3) is 0.375. The predicted molar refractivity (Wildman–Crippen MR) is 98.4 cm³/mol. The SMILES string of the molecule is Cc1c(C[C-](S(=O)(=O)C(F)(F)F)S(=O)(=O)C(F)(F)F)c(=O)oc2cc(N(C)C)ccc12.[Na+]. The molecule has 0 bridgehead atoms. The molecule has 0 aliphatic rings. The Hall–Kier alpha value is -1.29. The predicted octanol–water partition coefficient (Wildman–Crippen LogP) is 0.0726. The van der Waals surface area contributed by atoms with Crippen molar-refractivity contribution in [3.63, 3.8) is 0 Å². The van der Waals surface area contributed by atoms with E-state index in [9.17, 15) is 48.0 Å². The summed E-state index contributed by atoms with van der Waals surface area (Å²) in [7, 11) is -10.6. The third-order valence-electron chi connectivity index (χ3n) is 4.32. The summed E-state index contributed by atoms with van der Waals surface area (Å²) in [5.41, 5.74) is -14.9. The second-order valence-electron chi connectivity index (χ2n) is 6.52. The van der Waals surface area contributed by atoms with Gasteiger partial charge in [0.05, 0.1) is 0 Å². The summed E-state index contributed by atoms with van der Waals surface area (Å²) in [6, 6.07) is 4.18. The van der Waals surface area contributed by atoms with Gasteiger partial charge in [0.25, 0.3) is 0 Å². The smallest absolute Gasteiger partial charge is 0.422 e. The van der Waals surface area contributed by atoms with E-state index in [1.165, 1.54) is 18.2 Å². The first kappa shape index (κ1) is 28.7. The quantitative estimate of drug-likeness (QED) is 0.240. The summed E-state index contributed by atoms with van der Waals surface area (Å²) in [5.74, 6) is 0. The maximum Gasteiger partial charge on any atom is 1.00 e. The molecule has 0 amide bonds. The molecule has 16 heteroatoms. The van der Waals surface area contributed by atoms with Crippen molar-refractivity contribution in [3.8, 4) is 0 Å². The first-order valence-corrected chi connectivity index (χ1v) is 11.0. The van der Waals surface area contributed by atoms with Gasteiger partial charge in [0, 0.05) is 36.8 Å². The minimum Gasteiger partial charge on any atom is -0.422 e. The number of anilines is 1. The van der Waals surface area contributed by atoms with Crippen molar-refractivity contribution < 1.29 is 77.2 Å². The Kier molecular flexibility index (Phi) is 8.23. The third kappa shape index (κ3) is 5.11. The number of aryl methyl sites for hydroxylation is 1. The maximum atomic E-state index is 12.9. The van der Waals surface area contributed by atoms with Gasteiger partial charge in [-0.3, -0.25) is 16.8 Å². The molecule has 1 aromatic carbocycles. The van der Waals surface area contributed by atoms with E-state index in [0.29, 0.717) is 5.69 Å². The fourth-order valence-corrected chi connectivity index (χ4v) is 5.51. The van der Waals surface area contributed by atoms with Crippen LogP contribution in [-0.4, -0.2) is 41.9 Å². The molecule has 2 aromatic rings. The number of alkyl halides is 6. The van der Waals surface area contributed by atoms with Gasteiger partial charge in [-0.05, 0) is 24.6 Å². The molecule has 0 aliphatic carbocycles. The van der Waals surface area contributed by atoms with Crippen LogP contribution in [-0.2, 0) is 26.1 Å². The zero-order valence-corrected chi connectivity index (χ0v) is 20.6. The van der Waals surface area contributed by atoms with Gasteiger partial charge in [0.1, 0.15) is 25.3 Å². The second kappa shape index (κ2) is 9.16. The molecule has 0 N–H and O–H groups in total. The number of rotatable bonds is 5. The van der Waals surface area contributed by atoms with Crippen LogP contribution in [0.15, 0.2) is 27.4 Å². The second-order valence-corrected chi connectivity index (χ2v) is 10.7. The van der Waals surface area contributed by atoms with Crippen LogP contribution in [0.5, 0.6) is 0 Å². The minimum absolute atomic E-state index is 0. The average Bonchev–Trinajstić information content (AvgIpc) is 2.58. The van der Waals surface area contributed by atoms with Crippen molar-refractivity contribution >= 4 is 36.3 Å². The summed E-state index contributed by atoms with van der Waals surface area (Å²) >= 11 is 0. The van der Waals surface area contributed by atoms with Crippen molar-refractivity contribution in [2.24, 2.45) is 0 Å². The topological polar surface area (TPSA) is 102 Å². The molecular formula is C16H14F6NNaO6S2. The van der Waals surface area contributed by atoms with Crippen LogP contribution in [0.3, 0.4) is 0 Å². The molecular weight excluding hydrogens is 503 g/mol. The number of halogens is 6. The summed E-state index contributed by atoms with van der Waals surface area (Å²) < 4.78 is 126. The van der Waals surface area contributed by atoms with Crippen molar-refractivity contribution in [3.05, 3.63) is 44.3 Å². The van der Waals surface area contributed by atoms with Gasteiger partial charge in [0.2, 0.25) is 0 Å². The Bertz CT molecular complexity index is 1240. The van der Waals surface area contributed by atoms with Crippen LogP contribution < -0.4 is 40.1 Å². The van der Waals surface area contributed by atoms with E-state index in [-0.39, 0.29) is 46.1 Å². The van der Waals surface area contributed by atoms with Gasteiger partial charge in [0.15, 0.2) is 0 Å². The number of hydrogen-bond acceptors (Lipinski definition) is 7.